The van der Waals surface area contributed by atoms with Crippen molar-refractivity contribution in [3.05, 3.63) is 23.5 Å². The summed E-state index contributed by atoms with van der Waals surface area (Å²) in [5.74, 6) is 0.190. The Morgan fingerprint density at radius 3 is 3.04 bits per heavy atom. The summed E-state index contributed by atoms with van der Waals surface area (Å²) >= 11 is 0. The highest BCUT2D eigenvalue weighted by atomic mass is 16.5. The third kappa shape index (κ3) is 2.69. The Morgan fingerprint density at radius 1 is 1.33 bits per heavy atom. The van der Waals surface area contributed by atoms with Crippen LogP contribution in [-0.4, -0.2) is 46.1 Å². The van der Waals surface area contributed by atoms with Crippen LogP contribution in [0.1, 0.15) is 61.5 Å². The number of nitrogens with one attached hydrogen (secondary N) is 1. The van der Waals surface area contributed by atoms with E-state index in [0.717, 1.165) is 24.0 Å². The monoisotopic (exact) mass is 328 g/mol. The number of amides is 1. The number of hydrogen-bond acceptors (Lipinski definition) is 5. The standard InChI is InChI=1S/C18H24N4O2/c1-11(2)16-13-9-12(10-19-18(13)24-21-16)17(23)20-14-6-8-22-7-4-3-5-15(14)22/h9-11,14-15H,3-8H2,1-2H3,(H,20,23). The highest BCUT2D eigenvalue weighted by molar-refractivity contribution is 5.97. The molecule has 4 rings (SSSR count). The van der Waals surface area contributed by atoms with Crippen molar-refractivity contribution in [3.8, 4) is 0 Å². The lowest BCUT2D eigenvalue weighted by molar-refractivity contribution is 0.0915. The van der Waals surface area contributed by atoms with Gasteiger partial charge in [-0.2, -0.15) is 0 Å². The van der Waals surface area contributed by atoms with Crippen molar-refractivity contribution in [3.63, 3.8) is 0 Å². The van der Waals surface area contributed by atoms with Gasteiger partial charge in [-0.05, 0) is 37.8 Å². The highest BCUT2D eigenvalue weighted by Gasteiger charge is 2.36. The number of carbonyl (C=O) groups is 1. The van der Waals surface area contributed by atoms with E-state index in [1.54, 1.807) is 6.20 Å². The first-order chi connectivity index (χ1) is 11.6. The molecule has 0 saturated carbocycles. The summed E-state index contributed by atoms with van der Waals surface area (Å²) in [4.78, 5) is 19.5. The summed E-state index contributed by atoms with van der Waals surface area (Å²) in [6.07, 6.45) is 6.35. The van der Waals surface area contributed by atoms with Crippen LogP contribution < -0.4 is 5.32 Å². The van der Waals surface area contributed by atoms with Gasteiger partial charge in [0.2, 0.25) is 0 Å². The SMILES string of the molecule is CC(C)c1noc2ncc(C(=O)NC3CCN4CCCCC34)cc12. The van der Waals surface area contributed by atoms with Crippen molar-refractivity contribution in [1.82, 2.24) is 20.4 Å². The average molecular weight is 328 g/mol. The summed E-state index contributed by atoms with van der Waals surface area (Å²) in [5, 5.41) is 8.14. The second-order valence-corrected chi connectivity index (χ2v) is 7.27. The lowest BCUT2D eigenvalue weighted by Gasteiger charge is -2.32. The molecular weight excluding hydrogens is 304 g/mol. The largest absolute Gasteiger partial charge is 0.348 e. The third-order valence-electron chi connectivity index (χ3n) is 5.34. The number of nitrogens with zero attached hydrogens (tertiary/aromatic N) is 3. The quantitative estimate of drug-likeness (QED) is 0.938. The molecular formula is C18H24N4O2. The molecule has 0 radical (unpaired) electrons. The molecule has 2 unspecified atom stereocenters. The van der Waals surface area contributed by atoms with Crippen LogP contribution in [0.2, 0.25) is 0 Å². The van der Waals surface area contributed by atoms with Crippen molar-refractivity contribution in [2.75, 3.05) is 13.1 Å². The Bertz CT molecular complexity index is 755. The number of hydrogen-bond donors (Lipinski definition) is 1. The molecule has 0 spiro atoms. The van der Waals surface area contributed by atoms with E-state index in [1.807, 2.05) is 6.07 Å². The van der Waals surface area contributed by atoms with Crippen LogP contribution in [0, 0.1) is 0 Å². The first-order valence-corrected chi connectivity index (χ1v) is 8.93. The minimum atomic E-state index is -0.0438. The van der Waals surface area contributed by atoms with Crippen molar-refractivity contribution in [2.45, 2.75) is 57.5 Å². The normalized spacial score (nSPS) is 24.5. The maximum absolute atomic E-state index is 12.7. The Balaban J connectivity index is 1.54. The minimum absolute atomic E-state index is 0.0438. The molecule has 2 aromatic rings. The van der Waals surface area contributed by atoms with Gasteiger partial charge in [-0.25, -0.2) is 4.98 Å². The molecule has 1 N–H and O–H groups in total. The zero-order valence-electron chi connectivity index (χ0n) is 14.3. The first-order valence-electron chi connectivity index (χ1n) is 8.93. The van der Waals surface area contributed by atoms with Gasteiger partial charge in [0.25, 0.3) is 11.6 Å². The summed E-state index contributed by atoms with van der Waals surface area (Å²) < 4.78 is 5.25. The molecule has 6 heteroatoms. The van der Waals surface area contributed by atoms with Crippen LogP contribution in [0.15, 0.2) is 16.8 Å². The minimum Gasteiger partial charge on any atom is -0.348 e. The second kappa shape index (κ2) is 6.16. The zero-order valence-corrected chi connectivity index (χ0v) is 14.3. The summed E-state index contributed by atoms with van der Waals surface area (Å²) in [7, 11) is 0. The third-order valence-corrected chi connectivity index (χ3v) is 5.34. The Morgan fingerprint density at radius 2 is 2.21 bits per heavy atom. The van der Waals surface area contributed by atoms with E-state index in [-0.39, 0.29) is 17.9 Å². The van der Waals surface area contributed by atoms with Crippen LogP contribution in [0.25, 0.3) is 11.1 Å². The van der Waals surface area contributed by atoms with Crippen molar-refractivity contribution < 1.29 is 9.32 Å². The molecule has 2 aliphatic rings. The van der Waals surface area contributed by atoms with E-state index >= 15 is 0 Å². The molecule has 6 nitrogen and oxygen atoms in total. The molecule has 2 aromatic heterocycles. The Kier molecular flexibility index (Phi) is 4.00. The van der Waals surface area contributed by atoms with Crippen LogP contribution >= 0.6 is 0 Å². The smallest absolute Gasteiger partial charge is 0.257 e. The lowest BCUT2D eigenvalue weighted by Crippen LogP contribution is -2.46. The van der Waals surface area contributed by atoms with Gasteiger partial charge in [0.05, 0.1) is 16.6 Å². The van der Waals surface area contributed by atoms with E-state index in [2.05, 4.69) is 34.2 Å². The fourth-order valence-electron chi connectivity index (χ4n) is 4.06. The van der Waals surface area contributed by atoms with E-state index in [0.29, 0.717) is 17.3 Å². The van der Waals surface area contributed by atoms with Gasteiger partial charge in [-0.1, -0.05) is 25.4 Å². The van der Waals surface area contributed by atoms with Gasteiger partial charge in [0.1, 0.15) is 0 Å². The van der Waals surface area contributed by atoms with Crippen LogP contribution in [0.4, 0.5) is 0 Å². The lowest BCUT2D eigenvalue weighted by atomic mass is 9.99. The van der Waals surface area contributed by atoms with Gasteiger partial charge in [-0.3, -0.25) is 9.69 Å². The first kappa shape index (κ1) is 15.6. The van der Waals surface area contributed by atoms with Crippen molar-refractivity contribution in [2.24, 2.45) is 0 Å². The molecule has 2 atom stereocenters. The van der Waals surface area contributed by atoms with Crippen LogP contribution in [0.3, 0.4) is 0 Å². The molecule has 0 bridgehead atoms. The van der Waals surface area contributed by atoms with Crippen molar-refractivity contribution in [1.29, 1.82) is 0 Å². The number of rotatable bonds is 3. The van der Waals surface area contributed by atoms with Crippen LogP contribution in [-0.2, 0) is 0 Å². The van der Waals surface area contributed by atoms with Crippen LogP contribution in [0.5, 0.6) is 0 Å². The second-order valence-electron chi connectivity index (χ2n) is 7.27. The fourth-order valence-corrected chi connectivity index (χ4v) is 4.06. The molecule has 4 heterocycles. The fraction of sp³-hybridized carbons (Fsp3) is 0.611. The Labute approximate surface area is 141 Å². The summed E-state index contributed by atoms with van der Waals surface area (Å²) in [6.45, 7) is 6.37. The van der Waals surface area contributed by atoms with E-state index < -0.39 is 0 Å². The molecule has 24 heavy (non-hydrogen) atoms. The van der Waals surface area contributed by atoms with E-state index in [9.17, 15) is 4.79 Å². The number of piperidine rings is 1. The highest BCUT2D eigenvalue weighted by Crippen LogP contribution is 2.28. The van der Waals surface area contributed by atoms with E-state index in [4.69, 9.17) is 4.52 Å². The molecule has 0 aliphatic carbocycles. The number of pyridine rings is 1. The summed E-state index contributed by atoms with van der Waals surface area (Å²) in [5.41, 5.74) is 1.93. The average Bonchev–Trinajstić information content (AvgIpc) is 3.18. The molecule has 2 fully saturated rings. The maximum Gasteiger partial charge on any atom is 0.257 e. The van der Waals surface area contributed by atoms with Gasteiger partial charge >= 0.3 is 0 Å². The molecule has 2 saturated heterocycles. The molecule has 0 aromatic carbocycles. The topological polar surface area (TPSA) is 71.3 Å². The van der Waals surface area contributed by atoms with Crippen molar-refractivity contribution >= 4 is 17.0 Å². The predicted molar refractivity (Wildman–Crippen MR) is 91.0 cm³/mol. The maximum atomic E-state index is 12.7. The summed E-state index contributed by atoms with van der Waals surface area (Å²) in [6, 6.07) is 2.61. The number of fused-ring (bicyclic) bond motifs is 2. The van der Waals surface area contributed by atoms with E-state index in [1.165, 1.54) is 25.8 Å². The van der Waals surface area contributed by atoms with Gasteiger partial charge in [0.15, 0.2) is 0 Å². The molecule has 1 amide bonds. The van der Waals surface area contributed by atoms with Gasteiger partial charge in [0, 0.05) is 24.8 Å². The van der Waals surface area contributed by atoms with Gasteiger partial charge < -0.3 is 9.84 Å². The molecule has 2 aliphatic heterocycles. The Hall–Kier alpha value is -1.95. The number of aromatic nitrogens is 2. The number of carbonyl (C=O) groups excluding carboxylic acids is 1. The molecule has 128 valence electrons. The zero-order chi connectivity index (χ0) is 16.7. The predicted octanol–water partition coefficient (Wildman–Crippen LogP) is 2.70. The van der Waals surface area contributed by atoms with Gasteiger partial charge in [-0.15, -0.1) is 0 Å².